The smallest absolute Gasteiger partial charge is 0.300 e. The summed E-state index contributed by atoms with van der Waals surface area (Å²) in [4.78, 5) is 10.1. The van der Waals surface area contributed by atoms with Crippen LogP contribution in [-0.2, 0) is 0 Å². The zero-order valence-electron chi connectivity index (χ0n) is 9.15. The summed E-state index contributed by atoms with van der Waals surface area (Å²) >= 11 is 0. The average molecular weight is 242 g/mol. The maximum absolute atomic E-state index is 10.8. The van der Waals surface area contributed by atoms with Gasteiger partial charge in [0.2, 0.25) is 5.69 Å². The lowest BCUT2D eigenvalue weighted by Gasteiger charge is -1.98. The van der Waals surface area contributed by atoms with Crippen molar-refractivity contribution >= 4 is 17.1 Å². The molecule has 89 valence electrons. The molecule has 6 nitrogen and oxygen atoms in total. The molecule has 18 heavy (non-hydrogen) atoms. The first-order valence-electron chi connectivity index (χ1n) is 5.03. The Bertz CT molecular complexity index is 597. The Kier molecular flexibility index (Phi) is 3.29. The van der Waals surface area contributed by atoms with Gasteiger partial charge in [-0.3, -0.25) is 10.1 Å². The van der Waals surface area contributed by atoms with Gasteiger partial charge in [0.1, 0.15) is 0 Å². The van der Waals surface area contributed by atoms with Crippen molar-refractivity contribution in [3.8, 4) is 5.75 Å². The number of phenols is 1. The molecule has 2 rings (SSSR count). The van der Waals surface area contributed by atoms with E-state index in [0.29, 0.717) is 5.69 Å². The summed E-state index contributed by atoms with van der Waals surface area (Å²) in [6, 6.07) is 13.6. The van der Waals surface area contributed by atoms with Crippen LogP contribution in [0.1, 0.15) is 0 Å². The van der Waals surface area contributed by atoms with Crippen molar-refractivity contribution < 1.29 is 10.0 Å². The highest BCUT2D eigenvalue weighted by Crippen LogP contribution is 2.36. The highest BCUT2D eigenvalue weighted by molar-refractivity contribution is 5.64. The van der Waals surface area contributed by atoms with E-state index in [-0.39, 0.29) is 11.4 Å². The molecule has 0 unspecified atom stereocenters. The van der Waals surface area contributed by atoms with Gasteiger partial charge in [0, 0.05) is 12.1 Å². The van der Waals surface area contributed by atoms with E-state index < -0.39 is 10.7 Å². The lowest BCUT2D eigenvalue weighted by Crippen LogP contribution is -1.87. The second-order valence-electron chi connectivity index (χ2n) is 3.35. The first kappa shape index (κ1) is 11.7. The van der Waals surface area contributed by atoms with Crippen LogP contribution in [0.4, 0.5) is 17.1 Å². The Labute approximate surface area is 102 Å². The fourth-order valence-electron chi connectivity index (χ4n) is 1.32. The van der Waals surface area contributed by atoms with Gasteiger partial charge in [-0.2, -0.15) is 5.11 Å². The van der Waals surface area contributed by atoms with E-state index in [1.807, 2.05) is 6.07 Å². The number of nitro benzene ring substituents is 1. The van der Waals surface area contributed by atoms with Crippen molar-refractivity contribution in [3.05, 3.63) is 58.6 Å². The zero-order valence-corrected chi connectivity index (χ0v) is 9.15. The van der Waals surface area contributed by atoms with Gasteiger partial charge < -0.3 is 5.11 Å². The molecule has 0 aliphatic rings. The number of hydrogen-bond acceptors (Lipinski definition) is 5. The van der Waals surface area contributed by atoms with E-state index in [4.69, 9.17) is 0 Å². The van der Waals surface area contributed by atoms with E-state index in [1.54, 1.807) is 24.3 Å². The molecule has 0 saturated heterocycles. The van der Waals surface area contributed by atoms with Crippen molar-refractivity contribution in [2.75, 3.05) is 0 Å². The molecule has 0 spiro atoms. The van der Waals surface area contributed by atoms with E-state index in [2.05, 4.69) is 16.3 Å². The lowest BCUT2D eigenvalue weighted by molar-refractivity contribution is -0.384. The molecule has 1 N–H and O–H groups in total. The van der Waals surface area contributed by atoms with Gasteiger partial charge in [-0.05, 0) is 18.2 Å². The third kappa shape index (κ3) is 2.49. The fourth-order valence-corrected chi connectivity index (χ4v) is 1.32. The average Bonchev–Trinajstić information content (AvgIpc) is 2.38. The van der Waals surface area contributed by atoms with Crippen LogP contribution in [0.2, 0.25) is 0 Å². The largest absolute Gasteiger partial charge is 0.505 e. The number of hydrogen-bond donors (Lipinski definition) is 1. The van der Waals surface area contributed by atoms with Crippen molar-refractivity contribution in [1.82, 2.24) is 0 Å². The molecule has 2 aromatic carbocycles. The van der Waals surface area contributed by atoms with Crippen LogP contribution in [0.5, 0.6) is 5.75 Å². The maximum Gasteiger partial charge on any atom is 0.300 e. The second kappa shape index (κ2) is 5.05. The van der Waals surface area contributed by atoms with E-state index >= 15 is 0 Å². The minimum atomic E-state index is -0.632. The summed E-state index contributed by atoms with van der Waals surface area (Å²) in [6.45, 7) is 0. The summed E-state index contributed by atoms with van der Waals surface area (Å²) in [5, 5.41) is 27.8. The minimum Gasteiger partial charge on any atom is -0.505 e. The highest BCUT2D eigenvalue weighted by Gasteiger charge is 2.17. The molecule has 2 aromatic rings. The topological polar surface area (TPSA) is 88.1 Å². The highest BCUT2D eigenvalue weighted by atomic mass is 16.6. The SMILES string of the molecule is O=[N+]([O-])c1cc[c]c(O)c1N=Nc1ccccc1. The molecule has 0 bridgehead atoms. The summed E-state index contributed by atoms with van der Waals surface area (Å²) < 4.78 is 0. The van der Waals surface area contributed by atoms with Crippen LogP contribution >= 0.6 is 0 Å². The minimum absolute atomic E-state index is 0.202. The molecular weight excluding hydrogens is 234 g/mol. The van der Waals surface area contributed by atoms with E-state index in [9.17, 15) is 15.2 Å². The van der Waals surface area contributed by atoms with E-state index in [0.717, 1.165) is 0 Å². The van der Waals surface area contributed by atoms with Crippen LogP contribution in [0.3, 0.4) is 0 Å². The third-order valence-electron chi connectivity index (χ3n) is 2.15. The normalized spacial score (nSPS) is 10.7. The van der Waals surface area contributed by atoms with Gasteiger partial charge in [-0.15, -0.1) is 5.11 Å². The number of phenolic OH excluding ortho intramolecular Hbond substituents is 1. The molecule has 0 amide bonds. The van der Waals surface area contributed by atoms with Crippen molar-refractivity contribution in [1.29, 1.82) is 0 Å². The second-order valence-corrected chi connectivity index (χ2v) is 3.35. The predicted molar refractivity (Wildman–Crippen MR) is 64.2 cm³/mol. The number of aromatic hydroxyl groups is 1. The Morgan fingerprint density at radius 3 is 2.56 bits per heavy atom. The van der Waals surface area contributed by atoms with Crippen LogP contribution in [0, 0.1) is 16.2 Å². The molecule has 0 aliphatic heterocycles. The van der Waals surface area contributed by atoms with Gasteiger partial charge in [0.05, 0.1) is 10.6 Å². The number of nitro groups is 1. The molecule has 1 radical (unpaired) electrons. The predicted octanol–water partition coefficient (Wildman–Crippen LogP) is 3.52. The number of azo groups is 1. The molecule has 0 fully saturated rings. The summed E-state index contributed by atoms with van der Waals surface area (Å²) in [6.07, 6.45) is 0. The van der Waals surface area contributed by atoms with Gasteiger partial charge >= 0.3 is 5.69 Å². The van der Waals surface area contributed by atoms with Crippen LogP contribution in [-0.4, -0.2) is 10.0 Å². The lowest BCUT2D eigenvalue weighted by atomic mass is 10.2. The Hall–Kier alpha value is -2.76. The van der Waals surface area contributed by atoms with Crippen molar-refractivity contribution in [2.24, 2.45) is 10.2 Å². The monoisotopic (exact) mass is 242 g/mol. The third-order valence-corrected chi connectivity index (χ3v) is 2.15. The Morgan fingerprint density at radius 1 is 1.17 bits per heavy atom. The molecule has 0 atom stereocenters. The standard InChI is InChI=1S/C12H8N3O3/c16-11-8-4-7-10(15(17)18)12(11)14-13-9-5-2-1-3-6-9/h1-7,16H. The van der Waals surface area contributed by atoms with Gasteiger partial charge in [-0.25, -0.2) is 0 Å². The van der Waals surface area contributed by atoms with E-state index in [1.165, 1.54) is 12.1 Å². The molecule has 0 saturated carbocycles. The molecular formula is C12H8N3O3. The maximum atomic E-state index is 10.8. The first-order valence-corrected chi connectivity index (χ1v) is 5.03. The van der Waals surface area contributed by atoms with Gasteiger partial charge in [0.25, 0.3) is 0 Å². The van der Waals surface area contributed by atoms with Crippen LogP contribution in [0.15, 0.2) is 52.7 Å². The van der Waals surface area contributed by atoms with Crippen LogP contribution < -0.4 is 0 Å². The zero-order chi connectivity index (χ0) is 13.0. The summed E-state index contributed by atoms with van der Waals surface area (Å²) in [5.74, 6) is -0.399. The first-order chi connectivity index (χ1) is 8.68. The fraction of sp³-hybridized carbons (Fsp3) is 0. The van der Waals surface area contributed by atoms with Gasteiger partial charge in [0.15, 0.2) is 5.75 Å². The Morgan fingerprint density at radius 2 is 1.89 bits per heavy atom. The molecule has 0 heterocycles. The Balaban J connectivity index is 2.40. The van der Waals surface area contributed by atoms with Gasteiger partial charge in [-0.1, -0.05) is 18.2 Å². The molecule has 6 heteroatoms. The molecule has 0 aliphatic carbocycles. The number of benzene rings is 2. The van der Waals surface area contributed by atoms with Crippen molar-refractivity contribution in [2.45, 2.75) is 0 Å². The summed E-state index contributed by atoms with van der Waals surface area (Å²) in [7, 11) is 0. The number of nitrogens with zero attached hydrogens (tertiary/aromatic N) is 3. The number of rotatable bonds is 3. The molecule has 0 aromatic heterocycles. The quantitative estimate of drug-likeness (QED) is 0.507. The van der Waals surface area contributed by atoms with Crippen molar-refractivity contribution in [3.63, 3.8) is 0 Å². The summed E-state index contributed by atoms with van der Waals surface area (Å²) in [5.41, 5.74) is 0.0207. The van der Waals surface area contributed by atoms with Crippen LogP contribution in [0.25, 0.3) is 0 Å².